The molecule has 0 aliphatic heterocycles. The molecule has 2 aromatic carbocycles. The van der Waals surface area contributed by atoms with Gasteiger partial charge in [0.05, 0.1) is 22.3 Å². The molecule has 30 heavy (non-hydrogen) atoms. The average Bonchev–Trinajstić information content (AvgIpc) is 2.51. The summed E-state index contributed by atoms with van der Waals surface area (Å²) in [4.78, 5) is 0. The topological polar surface area (TPSA) is 0 Å². The summed E-state index contributed by atoms with van der Waals surface area (Å²) in [6.45, 7) is 0. The first-order chi connectivity index (χ1) is 13.2. The molecule has 0 aromatic heterocycles. The van der Waals surface area contributed by atoms with Crippen LogP contribution < -0.4 is 0 Å². The Morgan fingerprint density at radius 1 is 0.367 bits per heavy atom. The van der Waals surface area contributed by atoms with Crippen LogP contribution in [0, 0.1) is 0 Å². The zero-order valence-corrected chi connectivity index (χ0v) is 16.9. The lowest BCUT2D eigenvalue weighted by molar-refractivity contribution is -0.144. The van der Waals surface area contributed by atoms with Gasteiger partial charge in [0.2, 0.25) is 0 Å². The highest BCUT2D eigenvalue weighted by Crippen LogP contribution is 2.38. The summed E-state index contributed by atoms with van der Waals surface area (Å²) in [7, 11) is 0. The number of benzene rings is 2. The maximum Gasteiger partial charge on any atom is 0.416 e. The Kier molecular flexibility index (Phi) is 7.95. The van der Waals surface area contributed by atoms with Crippen molar-refractivity contribution in [2.24, 2.45) is 0 Å². The van der Waals surface area contributed by atoms with Gasteiger partial charge in [0.15, 0.2) is 0 Å². The third-order valence-electron chi connectivity index (χ3n) is 3.10. The van der Waals surface area contributed by atoms with Gasteiger partial charge in [-0.25, -0.2) is 0 Å². The zero-order chi connectivity index (χ0) is 23.7. The Hall–Kier alpha value is -1.44. The van der Waals surface area contributed by atoms with Gasteiger partial charge in [-0.3, -0.25) is 0 Å². The highest BCUT2D eigenvalue weighted by Gasteiger charge is 2.37. The maximum atomic E-state index is 12.1. The van der Waals surface area contributed by atoms with Crippen molar-refractivity contribution in [3.05, 3.63) is 67.6 Å². The largest absolute Gasteiger partial charge is 0.416 e. The number of rotatable bonds is 0. The van der Waals surface area contributed by atoms with Crippen LogP contribution in [0.25, 0.3) is 0 Å². The lowest BCUT2D eigenvalue weighted by Crippen LogP contribution is -2.10. The molecule has 0 N–H and O–H groups in total. The van der Waals surface area contributed by atoms with E-state index in [4.69, 9.17) is 0 Å². The second-order valence-electron chi connectivity index (χ2n) is 5.45. The van der Waals surface area contributed by atoms with Gasteiger partial charge >= 0.3 is 24.7 Å². The van der Waals surface area contributed by atoms with Crippen LogP contribution in [0.3, 0.4) is 0 Å². The third kappa shape index (κ3) is 8.00. The van der Waals surface area contributed by atoms with Gasteiger partial charge < -0.3 is 0 Å². The Balaban J connectivity index is 0.000000300. The minimum Gasteiger partial charge on any atom is -0.166 e. The Bertz CT molecular complexity index is 738. The molecule has 0 heterocycles. The minimum atomic E-state index is -4.79. The molecule has 0 saturated heterocycles. The molecule has 0 unspecified atom stereocenters. The predicted molar refractivity (Wildman–Crippen MR) is 88.3 cm³/mol. The SMILES string of the molecule is FC(F)(F)c1cc(Br)cc(C(F)(F)F)c1.FC(F)(F)c1cc(Br)cc(C(F)(F)F)c1. The predicted octanol–water partition coefficient (Wildman–Crippen LogP) is 8.97. The first kappa shape index (κ1) is 26.6. The fourth-order valence-electron chi connectivity index (χ4n) is 1.83. The van der Waals surface area contributed by atoms with E-state index in [0.29, 0.717) is 24.3 Å². The highest BCUT2D eigenvalue weighted by atomic mass is 79.9. The van der Waals surface area contributed by atoms with Gasteiger partial charge in [-0.1, -0.05) is 31.9 Å². The van der Waals surface area contributed by atoms with Gasteiger partial charge in [-0.15, -0.1) is 0 Å². The average molecular weight is 586 g/mol. The lowest BCUT2D eigenvalue weighted by atomic mass is 10.1. The van der Waals surface area contributed by atoms with Crippen LogP contribution in [0.1, 0.15) is 22.3 Å². The molecule has 0 saturated carbocycles. The lowest BCUT2D eigenvalue weighted by Gasteiger charge is -2.11. The van der Waals surface area contributed by atoms with Crippen molar-refractivity contribution in [2.75, 3.05) is 0 Å². The van der Waals surface area contributed by atoms with Crippen LogP contribution in [0.2, 0.25) is 0 Å². The van der Waals surface area contributed by atoms with Crippen LogP contribution in [0.4, 0.5) is 52.7 Å². The summed E-state index contributed by atoms with van der Waals surface area (Å²) in [6, 6.07) is 2.52. The summed E-state index contributed by atoms with van der Waals surface area (Å²) in [5, 5.41) is 0. The summed E-state index contributed by atoms with van der Waals surface area (Å²) in [5.74, 6) is 0. The normalized spacial score (nSPS) is 13.0. The van der Waals surface area contributed by atoms with E-state index >= 15 is 0 Å². The van der Waals surface area contributed by atoms with Crippen LogP contribution in [-0.4, -0.2) is 0 Å². The van der Waals surface area contributed by atoms with Crippen LogP contribution >= 0.6 is 31.9 Å². The number of hydrogen-bond acceptors (Lipinski definition) is 0. The zero-order valence-electron chi connectivity index (χ0n) is 13.8. The molecule has 0 nitrogen and oxygen atoms in total. The molecule has 0 spiro atoms. The van der Waals surface area contributed by atoms with Crippen molar-refractivity contribution in [3.8, 4) is 0 Å². The molecule has 0 aliphatic rings. The van der Waals surface area contributed by atoms with Crippen molar-refractivity contribution in [1.29, 1.82) is 0 Å². The molecule has 0 atom stereocenters. The molecule has 0 bridgehead atoms. The van der Waals surface area contributed by atoms with Crippen molar-refractivity contribution in [3.63, 3.8) is 0 Å². The summed E-state index contributed by atoms with van der Waals surface area (Å²) in [5.41, 5.74) is -5.32. The maximum absolute atomic E-state index is 12.1. The number of alkyl halides is 12. The monoisotopic (exact) mass is 584 g/mol. The summed E-state index contributed by atoms with van der Waals surface area (Å²) in [6.07, 6.45) is -19.2. The van der Waals surface area contributed by atoms with E-state index in [1.54, 1.807) is 0 Å². The number of hydrogen-bond donors (Lipinski definition) is 0. The van der Waals surface area contributed by atoms with Gasteiger partial charge in [-0.05, 0) is 36.4 Å². The smallest absolute Gasteiger partial charge is 0.166 e. The second-order valence-corrected chi connectivity index (χ2v) is 7.28. The molecule has 2 rings (SSSR count). The van der Waals surface area contributed by atoms with Crippen LogP contribution in [0.15, 0.2) is 45.3 Å². The van der Waals surface area contributed by atoms with Crippen molar-refractivity contribution >= 4 is 31.9 Å². The van der Waals surface area contributed by atoms with E-state index in [-0.39, 0.29) is 21.1 Å². The quantitative estimate of drug-likeness (QED) is 0.271. The van der Waals surface area contributed by atoms with E-state index in [1.807, 2.05) is 0 Å². The van der Waals surface area contributed by atoms with E-state index in [0.717, 1.165) is 0 Å². The molecule has 0 aliphatic carbocycles. The van der Waals surface area contributed by atoms with Gasteiger partial charge in [0.1, 0.15) is 0 Å². The fraction of sp³-hybridized carbons (Fsp3) is 0.250. The molecule has 2 aromatic rings. The summed E-state index contributed by atoms with van der Waals surface area (Å²) < 4.78 is 145. The molecular formula is C16H6Br2F12. The Morgan fingerprint density at radius 3 is 0.667 bits per heavy atom. The van der Waals surface area contributed by atoms with Crippen LogP contribution in [-0.2, 0) is 24.7 Å². The fourth-order valence-corrected chi connectivity index (χ4v) is 2.82. The van der Waals surface area contributed by atoms with Crippen LogP contribution in [0.5, 0.6) is 0 Å². The molecule has 0 amide bonds. The minimum absolute atomic E-state index is 0.0742. The second kappa shape index (κ2) is 8.97. The van der Waals surface area contributed by atoms with E-state index < -0.39 is 47.0 Å². The van der Waals surface area contributed by atoms with Gasteiger partial charge in [0, 0.05) is 8.95 Å². The van der Waals surface area contributed by atoms with E-state index in [1.165, 1.54) is 0 Å². The van der Waals surface area contributed by atoms with Gasteiger partial charge in [-0.2, -0.15) is 52.7 Å². The summed E-state index contributed by atoms with van der Waals surface area (Å²) >= 11 is 5.20. The molecule has 168 valence electrons. The first-order valence-corrected chi connectivity index (χ1v) is 8.70. The molecule has 14 heteroatoms. The van der Waals surface area contributed by atoms with E-state index in [9.17, 15) is 52.7 Å². The highest BCUT2D eigenvalue weighted by molar-refractivity contribution is 9.10. The van der Waals surface area contributed by atoms with Crippen molar-refractivity contribution in [1.82, 2.24) is 0 Å². The number of halogens is 14. The van der Waals surface area contributed by atoms with Crippen molar-refractivity contribution in [2.45, 2.75) is 24.7 Å². The Morgan fingerprint density at radius 2 is 0.533 bits per heavy atom. The third-order valence-corrected chi connectivity index (χ3v) is 4.02. The first-order valence-electron chi connectivity index (χ1n) is 7.11. The molecule has 0 fully saturated rings. The standard InChI is InChI=1S/2C8H3BrF6/c2*9-6-2-4(7(10,11)12)1-5(3-6)8(13,14)15/h2*1-3H. The molecule has 0 radical (unpaired) electrons. The van der Waals surface area contributed by atoms with Gasteiger partial charge in [0.25, 0.3) is 0 Å². The van der Waals surface area contributed by atoms with E-state index in [2.05, 4.69) is 31.9 Å². The Labute approximate surface area is 177 Å². The van der Waals surface area contributed by atoms with Crippen molar-refractivity contribution < 1.29 is 52.7 Å². The molecular weight excluding hydrogens is 580 g/mol.